The fourth-order valence-corrected chi connectivity index (χ4v) is 2.30. The summed E-state index contributed by atoms with van der Waals surface area (Å²) >= 11 is 0. The molecule has 118 valence electrons. The first kappa shape index (κ1) is 17.3. The van der Waals surface area contributed by atoms with E-state index in [2.05, 4.69) is 0 Å². The summed E-state index contributed by atoms with van der Waals surface area (Å²) in [7, 11) is 0. The van der Waals surface area contributed by atoms with Gasteiger partial charge < -0.3 is 15.3 Å². The Hall–Kier alpha value is -1.71. The van der Waals surface area contributed by atoms with Gasteiger partial charge in [0.2, 0.25) is 0 Å². The van der Waals surface area contributed by atoms with Crippen LogP contribution < -0.4 is 0 Å². The molecule has 0 heterocycles. The van der Waals surface area contributed by atoms with E-state index in [1.807, 2.05) is 20.8 Å². The molecule has 3 N–H and O–H groups in total. The normalized spacial score (nSPS) is 11.0. The number of phenolic OH excluding ortho intramolecular Hbond substituents is 3. The van der Waals surface area contributed by atoms with Gasteiger partial charge in [-0.05, 0) is 25.2 Å². The fraction of sp³-hybridized carbons (Fsp3) is 0.588. The van der Waals surface area contributed by atoms with E-state index in [0.717, 1.165) is 31.7 Å². The first-order valence-corrected chi connectivity index (χ1v) is 7.68. The zero-order chi connectivity index (χ0) is 16.0. The average Bonchev–Trinajstić information content (AvgIpc) is 2.37. The molecular weight excluding hydrogens is 268 g/mol. The predicted octanol–water partition coefficient (Wildman–Crippen LogP) is 4.16. The second kappa shape index (κ2) is 7.91. The topological polar surface area (TPSA) is 77.8 Å². The van der Waals surface area contributed by atoms with Crippen LogP contribution >= 0.6 is 0 Å². The standard InChI is InChI=1S/C17H26O4/c1-4-5-6-7-13(18)16-15(20)10-14(19)12(17(16)21)9-8-11(2)3/h10-11,19-21H,4-9H2,1-3H3. The van der Waals surface area contributed by atoms with Crippen molar-refractivity contribution in [3.8, 4) is 17.2 Å². The second-order valence-electron chi connectivity index (χ2n) is 5.93. The molecule has 0 fully saturated rings. The Kier molecular flexibility index (Phi) is 6.53. The molecule has 0 aliphatic rings. The van der Waals surface area contributed by atoms with Gasteiger partial charge in [0, 0.05) is 18.1 Å². The van der Waals surface area contributed by atoms with Crippen LogP contribution in [0.5, 0.6) is 17.2 Å². The van der Waals surface area contributed by atoms with Crippen molar-refractivity contribution in [1.82, 2.24) is 0 Å². The SMILES string of the molecule is CCCCCC(=O)c1c(O)cc(O)c(CCC(C)C)c1O. The van der Waals surface area contributed by atoms with E-state index in [-0.39, 0.29) is 28.6 Å². The maximum Gasteiger partial charge on any atom is 0.170 e. The molecule has 0 aliphatic carbocycles. The van der Waals surface area contributed by atoms with Crippen LogP contribution in [0.1, 0.15) is 68.8 Å². The summed E-state index contributed by atoms with van der Waals surface area (Å²) in [6, 6.07) is 1.16. The van der Waals surface area contributed by atoms with Crippen molar-refractivity contribution < 1.29 is 20.1 Å². The maximum atomic E-state index is 12.2. The molecule has 0 atom stereocenters. The summed E-state index contributed by atoms with van der Waals surface area (Å²) in [6.07, 6.45) is 4.23. The monoisotopic (exact) mass is 294 g/mol. The van der Waals surface area contributed by atoms with E-state index < -0.39 is 0 Å². The van der Waals surface area contributed by atoms with Gasteiger partial charge in [-0.25, -0.2) is 0 Å². The third-order valence-corrected chi connectivity index (χ3v) is 3.62. The largest absolute Gasteiger partial charge is 0.507 e. The van der Waals surface area contributed by atoms with Crippen molar-refractivity contribution in [1.29, 1.82) is 0 Å². The average molecular weight is 294 g/mol. The van der Waals surface area contributed by atoms with Crippen LogP contribution in [0.2, 0.25) is 0 Å². The molecule has 21 heavy (non-hydrogen) atoms. The van der Waals surface area contributed by atoms with E-state index in [1.54, 1.807) is 0 Å². The summed E-state index contributed by atoms with van der Waals surface area (Å²) in [5, 5.41) is 30.0. The molecule has 1 aromatic rings. The van der Waals surface area contributed by atoms with Crippen molar-refractivity contribution in [2.24, 2.45) is 5.92 Å². The van der Waals surface area contributed by atoms with Gasteiger partial charge in [0.15, 0.2) is 5.78 Å². The number of phenols is 3. The first-order valence-electron chi connectivity index (χ1n) is 7.68. The highest BCUT2D eigenvalue weighted by Crippen LogP contribution is 2.39. The lowest BCUT2D eigenvalue weighted by molar-refractivity contribution is 0.0973. The number of Topliss-reactive ketones (excluding diaryl/α,β-unsaturated/α-hetero) is 1. The quantitative estimate of drug-likeness (QED) is 0.497. The number of hydrogen-bond donors (Lipinski definition) is 3. The number of unbranched alkanes of at least 4 members (excludes halogenated alkanes) is 2. The highest BCUT2D eigenvalue weighted by atomic mass is 16.3. The Balaban J connectivity index is 3.03. The summed E-state index contributed by atoms with van der Waals surface area (Å²) in [6.45, 7) is 6.14. The molecule has 0 bridgehead atoms. The van der Waals surface area contributed by atoms with E-state index in [0.29, 0.717) is 24.3 Å². The van der Waals surface area contributed by atoms with E-state index >= 15 is 0 Å². The molecular formula is C17H26O4. The molecule has 0 saturated heterocycles. The van der Waals surface area contributed by atoms with Crippen molar-refractivity contribution in [2.75, 3.05) is 0 Å². The van der Waals surface area contributed by atoms with Gasteiger partial charge in [0.25, 0.3) is 0 Å². The number of aromatic hydroxyl groups is 3. The number of rotatable bonds is 8. The molecule has 4 heteroatoms. The molecule has 0 amide bonds. The first-order chi connectivity index (χ1) is 9.88. The van der Waals surface area contributed by atoms with E-state index in [9.17, 15) is 20.1 Å². The lowest BCUT2D eigenvalue weighted by Crippen LogP contribution is -2.03. The highest BCUT2D eigenvalue weighted by Gasteiger charge is 2.22. The smallest absolute Gasteiger partial charge is 0.170 e. The van der Waals surface area contributed by atoms with Gasteiger partial charge in [0.1, 0.15) is 22.8 Å². The number of ketones is 1. The van der Waals surface area contributed by atoms with Crippen LogP contribution in [0.4, 0.5) is 0 Å². The molecule has 0 spiro atoms. The zero-order valence-electron chi connectivity index (χ0n) is 13.1. The molecule has 0 unspecified atom stereocenters. The van der Waals surface area contributed by atoms with Gasteiger partial charge in [-0.1, -0.05) is 33.6 Å². The van der Waals surface area contributed by atoms with Gasteiger partial charge in [0.05, 0.1) is 0 Å². The Morgan fingerprint density at radius 1 is 1.14 bits per heavy atom. The number of carbonyl (C=O) groups excluding carboxylic acids is 1. The lowest BCUT2D eigenvalue weighted by atomic mass is 9.95. The van der Waals surface area contributed by atoms with E-state index in [1.165, 1.54) is 0 Å². The van der Waals surface area contributed by atoms with E-state index in [4.69, 9.17) is 0 Å². The third-order valence-electron chi connectivity index (χ3n) is 3.62. The lowest BCUT2D eigenvalue weighted by Gasteiger charge is -2.14. The summed E-state index contributed by atoms with van der Waals surface area (Å²) < 4.78 is 0. The van der Waals surface area contributed by atoms with Gasteiger partial charge in [-0.3, -0.25) is 4.79 Å². The summed E-state index contributed by atoms with van der Waals surface area (Å²) in [4.78, 5) is 12.2. The maximum absolute atomic E-state index is 12.2. The zero-order valence-corrected chi connectivity index (χ0v) is 13.1. The fourth-order valence-electron chi connectivity index (χ4n) is 2.30. The minimum Gasteiger partial charge on any atom is -0.507 e. The Morgan fingerprint density at radius 2 is 1.81 bits per heavy atom. The Labute approximate surface area is 126 Å². The minimum atomic E-state index is -0.347. The van der Waals surface area contributed by atoms with Crippen LogP contribution in [0.15, 0.2) is 6.07 Å². The van der Waals surface area contributed by atoms with Crippen molar-refractivity contribution in [3.63, 3.8) is 0 Å². The predicted molar refractivity (Wildman–Crippen MR) is 83.1 cm³/mol. The van der Waals surface area contributed by atoms with Gasteiger partial charge in [-0.2, -0.15) is 0 Å². The van der Waals surface area contributed by atoms with Crippen LogP contribution in [-0.4, -0.2) is 21.1 Å². The number of hydrogen-bond acceptors (Lipinski definition) is 4. The van der Waals surface area contributed by atoms with Crippen molar-refractivity contribution in [3.05, 3.63) is 17.2 Å². The van der Waals surface area contributed by atoms with Crippen LogP contribution in [0, 0.1) is 5.92 Å². The number of benzene rings is 1. The molecule has 0 saturated carbocycles. The highest BCUT2D eigenvalue weighted by molar-refractivity contribution is 6.01. The van der Waals surface area contributed by atoms with Crippen molar-refractivity contribution >= 4 is 5.78 Å². The van der Waals surface area contributed by atoms with Crippen LogP contribution in [-0.2, 0) is 6.42 Å². The van der Waals surface area contributed by atoms with Gasteiger partial charge in [-0.15, -0.1) is 0 Å². The summed E-state index contributed by atoms with van der Waals surface area (Å²) in [5.41, 5.74) is 0.294. The molecule has 0 aromatic heterocycles. The third kappa shape index (κ3) is 4.66. The van der Waals surface area contributed by atoms with Gasteiger partial charge >= 0.3 is 0 Å². The van der Waals surface area contributed by atoms with Crippen molar-refractivity contribution in [2.45, 2.75) is 59.3 Å². The Morgan fingerprint density at radius 3 is 2.38 bits per heavy atom. The van der Waals surface area contributed by atoms with Crippen LogP contribution in [0.25, 0.3) is 0 Å². The molecule has 0 radical (unpaired) electrons. The number of carbonyl (C=O) groups is 1. The molecule has 4 nitrogen and oxygen atoms in total. The Bertz CT molecular complexity index is 492. The molecule has 0 aliphatic heterocycles. The summed E-state index contributed by atoms with van der Waals surface area (Å²) in [5.74, 6) is -0.629. The molecule has 1 aromatic carbocycles. The van der Waals surface area contributed by atoms with Crippen LogP contribution in [0.3, 0.4) is 0 Å². The molecule has 1 rings (SSSR count). The minimum absolute atomic E-state index is 0.0531. The second-order valence-corrected chi connectivity index (χ2v) is 5.93.